The average Bonchev–Trinajstić information content (AvgIpc) is 3.37. The van der Waals surface area contributed by atoms with Crippen molar-refractivity contribution in [3.8, 4) is 0 Å². The van der Waals surface area contributed by atoms with E-state index in [2.05, 4.69) is 44.2 Å². The maximum atomic E-state index is 12.1. The highest BCUT2D eigenvalue weighted by molar-refractivity contribution is 7.99. The highest BCUT2D eigenvalue weighted by Gasteiger charge is 2.22. The number of carbonyl (C=O) groups excluding carboxylic acids is 2. The number of benzene rings is 2. The van der Waals surface area contributed by atoms with Gasteiger partial charge in [0.1, 0.15) is 6.33 Å². The molecule has 2 aromatic carbocycles. The number of primary amides is 1. The molecule has 0 saturated carbocycles. The lowest BCUT2D eigenvalue weighted by molar-refractivity contribution is -0.117. The number of fused-ring (bicyclic) bond motifs is 2. The first-order valence-corrected chi connectivity index (χ1v) is 13.4. The zero-order valence-electron chi connectivity index (χ0n) is 21.2. The Labute approximate surface area is 225 Å². The molecule has 6 rings (SSSR count). The molecule has 2 aromatic heterocycles. The van der Waals surface area contributed by atoms with Gasteiger partial charge in [0.25, 0.3) is 5.91 Å². The van der Waals surface area contributed by atoms with Crippen molar-refractivity contribution in [3.05, 3.63) is 95.8 Å². The Morgan fingerprint density at radius 1 is 1.08 bits per heavy atom. The van der Waals surface area contributed by atoms with Crippen LogP contribution in [-0.2, 0) is 24.3 Å². The van der Waals surface area contributed by atoms with Gasteiger partial charge in [0.15, 0.2) is 0 Å². The molecule has 2 aliphatic heterocycles. The van der Waals surface area contributed by atoms with Gasteiger partial charge in [-0.15, -0.1) is 16.9 Å². The summed E-state index contributed by atoms with van der Waals surface area (Å²) in [6.45, 7) is 2.47. The Hall–Kier alpha value is -4.18. The lowest BCUT2D eigenvalue weighted by atomic mass is 10.0. The summed E-state index contributed by atoms with van der Waals surface area (Å²) in [5.74, 6) is 0.493. The minimum Gasteiger partial charge on any atom is -0.367 e. The van der Waals surface area contributed by atoms with Gasteiger partial charge >= 0.3 is 0 Å². The van der Waals surface area contributed by atoms with Crippen LogP contribution in [0.4, 0.5) is 11.4 Å². The van der Waals surface area contributed by atoms with E-state index >= 15 is 0 Å². The molecule has 4 aromatic rings. The quantitative estimate of drug-likeness (QED) is 0.432. The Balaban J connectivity index is 0.000000170. The number of aromatic nitrogens is 4. The lowest BCUT2D eigenvalue weighted by Gasteiger charge is -2.31. The molecular formula is C28H29N7O2S. The van der Waals surface area contributed by atoms with Crippen LogP contribution in [0.5, 0.6) is 0 Å². The van der Waals surface area contributed by atoms with Crippen LogP contribution in [0.2, 0.25) is 0 Å². The van der Waals surface area contributed by atoms with Crippen LogP contribution in [0.15, 0.2) is 78.2 Å². The van der Waals surface area contributed by atoms with Gasteiger partial charge in [-0.1, -0.05) is 30.3 Å². The largest absolute Gasteiger partial charge is 0.367 e. The number of rotatable bonds is 4. The smallest absolute Gasteiger partial charge is 0.288 e. The fourth-order valence-electron chi connectivity index (χ4n) is 4.49. The normalized spacial score (nSPS) is 14.6. The zero-order valence-corrected chi connectivity index (χ0v) is 22.0. The first kappa shape index (κ1) is 25.5. The minimum absolute atomic E-state index is 0.0472. The van der Waals surface area contributed by atoms with Crippen molar-refractivity contribution >= 4 is 35.0 Å². The Morgan fingerprint density at radius 3 is 2.71 bits per heavy atom. The molecule has 0 radical (unpaired) electrons. The number of hydrogen-bond donors (Lipinski definition) is 1. The SMILES string of the molecule is CN1C(=O)CCSc2ccc(N3CCc4ccncc4C3)cc21.NC(=O)c1ncn(Cc2ccccc2)n1. The molecule has 0 spiro atoms. The van der Waals surface area contributed by atoms with E-state index in [0.717, 1.165) is 36.5 Å². The number of amides is 2. The summed E-state index contributed by atoms with van der Waals surface area (Å²) >= 11 is 1.77. The maximum absolute atomic E-state index is 12.1. The van der Waals surface area contributed by atoms with Crippen molar-refractivity contribution in [3.63, 3.8) is 0 Å². The first-order chi connectivity index (χ1) is 18.5. The molecule has 2 amide bonds. The lowest BCUT2D eigenvalue weighted by Crippen LogP contribution is -2.31. The monoisotopic (exact) mass is 527 g/mol. The Kier molecular flexibility index (Phi) is 7.69. The number of hydrogen-bond acceptors (Lipinski definition) is 7. The average molecular weight is 528 g/mol. The molecule has 38 heavy (non-hydrogen) atoms. The van der Waals surface area contributed by atoms with Gasteiger partial charge in [0.05, 0.1) is 12.2 Å². The van der Waals surface area contributed by atoms with Crippen molar-refractivity contribution in [1.29, 1.82) is 0 Å². The third kappa shape index (κ3) is 5.86. The number of thioether (sulfide) groups is 1. The highest BCUT2D eigenvalue weighted by atomic mass is 32.2. The third-order valence-electron chi connectivity index (χ3n) is 6.58. The van der Waals surface area contributed by atoms with Gasteiger partial charge in [-0.2, -0.15) is 0 Å². The second-order valence-corrected chi connectivity index (χ2v) is 10.3. The van der Waals surface area contributed by atoms with Gasteiger partial charge in [-0.05, 0) is 47.4 Å². The minimum atomic E-state index is -0.609. The number of carbonyl (C=O) groups is 2. The van der Waals surface area contributed by atoms with Crippen molar-refractivity contribution in [2.24, 2.45) is 5.73 Å². The van der Waals surface area contributed by atoms with Crippen molar-refractivity contribution in [2.45, 2.75) is 30.8 Å². The predicted octanol–water partition coefficient (Wildman–Crippen LogP) is 3.53. The Morgan fingerprint density at radius 2 is 1.92 bits per heavy atom. The predicted molar refractivity (Wildman–Crippen MR) is 148 cm³/mol. The van der Waals surface area contributed by atoms with Gasteiger partial charge in [-0.3, -0.25) is 14.6 Å². The van der Waals surface area contributed by atoms with E-state index in [4.69, 9.17) is 5.73 Å². The molecule has 0 saturated heterocycles. The third-order valence-corrected chi connectivity index (χ3v) is 7.64. The van der Waals surface area contributed by atoms with Gasteiger partial charge in [-0.25, -0.2) is 9.67 Å². The van der Waals surface area contributed by atoms with Crippen LogP contribution in [0, 0.1) is 0 Å². The fraction of sp³-hybridized carbons (Fsp3) is 0.250. The summed E-state index contributed by atoms with van der Waals surface area (Å²) < 4.78 is 1.58. The molecule has 2 aliphatic rings. The molecule has 0 unspecified atom stereocenters. The van der Waals surface area contributed by atoms with E-state index in [-0.39, 0.29) is 11.7 Å². The number of nitrogens with two attached hydrogens (primary N) is 1. The van der Waals surface area contributed by atoms with Crippen LogP contribution >= 0.6 is 11.8 Å². The van der Waals surface area contributed by atoms with Crippen LogP contribution in [0.25, 0.3) is 0 Å². The van der Waals surface area contributed by atoms with Crippen LogP contribution in [0.1, 0.15) is 33.7 Å². The van der Waals surface area contributed by atoms with Crippen molar-refractivity contribution < 1.29 is 9.59 Å². The number of anilines is 2. The molecule has 194 valence electrons. The molecular weight excluding hydrogens is 498 g/mol. The standard InChI is InChI=1S/C18H19N3OS.C10H10N4O/c1-20-16-10-15(2-3-17(16)23-9-6-18(20)22)21-8-5-13-4-7-19-11-14(13)12-21;11-9(15)10-12-7-14(13-10)6-8-4-2-1-3-5-8/h2-4,7,10-11H,5-6,8-9,12H2,1H3;1-5,7H,6H2,(H2,11,15). The molecule has 0 bridgehead atoms. The maximum Gasteiger partial charge on any atom is 0.288 e. The van der Waals surface area contributed by atoms with Crippen LogP contribution in [-0.4, -0.2) is 50.9 Å². The van der Waals surface area contributed by atoms with Crippen LogP contribution in [0.3, 0.4) is 0 Å². The molecule has 4 heterocycles. The molecule has 0 fully saturated rings. The van der Waals surface area contributed by atoms with E-state index in [1.807, 2.05) is 49.8 Å². The van der Waals surface area contributed by atoms with E-state index in [1.165, 1.54) is 28.0 Å². The molecule has 0 atom stereocenters. The second-order valence-electron chi connectivity index (χ2n) is 9.13. The summed E-state index contributed by atoms with van der Waals surface area (Å²) in [6, 6.07) is 18.4. The summed E-state index contributed by atoms with van der Waals surface area (Å²) in [7, 11) is 1.88. The Bertz CT molecular complexity index is 1440. The molecule has 10 heteroatoms. The fourth-order valence-corrected chi connectivity index (χ4v) is 5.50. The van der Waals surface area contributed by atoms with E-state index in [9.17, 15) is 9.59 Å². The van der Waals surface area contributed by atoms with E-state index in [0.29, 0.717) is 13.0 Å². The summed E-state index contributed by atoms with van der Waals surface area (Å²) in [6.07, 6.45) is 6.98. The van der Waals surface area contributed by atoms with E-state index in [1.54, 1.807) is 21.3 Å². The van der Waals surface area contributed by atoms with Gasteiger partial charge in [0.2, 0.25) is 11.7 Å². The van der Waals surface area contributed by atoms with E-state index < -0.39 is 5.91 Å². The first-order valence-electron chi connectivity index (χ1n) is 12.4. The summed E-state index contributed by atoms with van der Waals surface area (Å²) in [5.41, 5.74) is 11.0. The zero-order chi connectivity index (χ0) is 26.5. The summed E-state index contributed by atoms with van der Waals surface area (Å²) in [4.78, 5) is 36.3. The molecule has 9 nitrogen and oxygen atoms in total. The van der Waals surface area contributed by atoms with Crippen LogP contribution < -0.4 is 15.5 Å². The molecule has 0 aliphatic carbocycles. The summed E-state index contributed by atoms with van der Waals surface area (Å²) in [5, 5.41) is 3.94. The van der Waals surface area contributed by atoms with Gasteiger partial charge in [0, 0.05) is 55.3 Å². The van der Waals surface area contributed by atoms with Crippen molar-refractivity contribution in [1.82, 2.24) is 19.7 Å². The topological polar surface area (TPSA) is 110 Å². The van der Waals surface area contributed by atoms with Gasteiger partial charge < -0.3 is 15.5 Å². The molecule has 2 N–H and O–H groups in total. The highest BCUT2D eigenvalue weighted by Crippen LogP contribution is 2.37. The second kappa shape index (κ2) is 11.5. The van der Waals surface area contributed by atoms with Crippen molar-refractivity contribution in [2.75, 3.05) is 29.1 Å². The number of nitrogens with zero attached hydrogens (tertiary/aromatic N) is 6. The number of pyridine rings is 1.